The standard InChI is InChI=1S/C10H6BrClF2N2S/c11-5-1-8(7(14)2-6(5)13)15-4-10-16-3-9(12)17-10/h1-3,15H,4H2. The Morgan fingerprint density at radius 3 is 2.76 bits per heavy atom. The lowest BCUT2D eigenvalue weighted by Gasteiger charge is -2.06. The third kappa shape index (κ3) is 3.14. The van der Waals surface area contributed by atoms with Gasteiger partial charge in [-0.05, 0) is 22.0 Å². The third-order valence-corrected chi connectivity index (χ3v) is 3.69. The van der Waals surface area contributed by atoms with Crippen molar-refractivity contribution in [1.82, 2.24) is 4.98 Å². The average Bonchev–Trinajstić information content (AvgIpc) is 2.68. The molecule has 2 nitrogen and oxygen atoms in total. The number of rotatable bonds is 3. The first kappa shape index (κ1) is 12.7. The summed E-state index contributed by atoms with van der Waals surface area (Å²) in [5.41, 5.74) is 0.213. The Morgan fingerprint density at radius 1 is 1.35 bits per heavy atom. The lowest BCUT2D eigenvalue weighted by molar-refractivity contribution is 0.580. The number of benzene rings is 1. The number of halogens is 4. The van der Waals surface area contributed by atoms with Crippen LogP contribution >= 0.6 is 38.9 Å². The summed E-state index contributed by atoms with van der Waals surface area (Å²) in [6.07, 6.45) is 1.53. The lowest BCUT2D eigenvalue weighted by Crippen LogP contribution is -2.01. The highest BCUT2D eigenvalue weighted by Gasteiger charge is 2.08. The van der Waals surface area contributed by atoms with Gasteiger partial charge in [-0.3, -0.25) is 0 Å². The second-order valence-electron chi connectivity index (χ2n) is 3.16. The van der Waals surface area contributed by atoms with E-state index in [4.69, 9.17) is 11.6 Å². The van der Waals surface area contributed by atoms with Gasteiger partial charge in [0.2, 0.25) is 0 Å². The van der Waals surface area contributed by atoms with Gasteiger partial charge >= 0.3 is 0 Å². The maximum absolute atomic E-state index is 13.4. The van der Waals surface area contributed by atoms with Crippen molar-refractivity contribution in [2.75, 3.05) is 5.32 Å². The van der Waals surface area contributed by atoms with E-state index in [9.17, 15) is 8.78 Å². The molecule has 17 heavy (non-hydrogen) atoms. The quantitative estimate of drug-likeness (QED) is 0.836. The molecule has 1 N–H and O–H groups in total. The van der Waals surface area contributed by atoms with E-state index in [0.29, 0.717) is 10.9 Å². The summed E-state index contributed by atoms with van der Waals surface area (Å²) in [6, 6.07) is 2.17. The van der Waals surface area contributed by atoms with Crippen LogP contribution in [-0.2, 0) is 6.54 Å². The molecule has 1 aromatic heterocycles. The van der Waals surface area contributed by atoms with Crippen LogP contribution in [-0.4, -0.2) is 4.98 Å². The van der Waals surface area contributed by atoms with Crippen molar-refractivity contribution >= 4 is 44.6 Å². The van der Waals surface area contributed by atoms with Gasteiger partial charge in [-0.15, -0.1) is 11.3 Å². The van der Waals surface area contributed by atoms with Crippen LogP contribution in [0.3, 0.4) is 0 Å². The molecule has 0 saturated carbocycles. The zero-order valence-electron chi connectivity index (χ0n) is 8.31. The molecule has 0 aliphatic carbocycles. The van der Waals surface area contributed by atoms with E-state index in [1.807, 2.05) is 0 Å². The largest absolute Gasteiger partial charge is 0.376 e. The molecule has 0 fully saturated rings. The van der Waals surface area contributed by atoms with Crippen LogP contribution in [0.4, 0.5) is 14.5 Å². The van der Waals surface area contributed by atoms with Crippen molar-refractivity contribution in [3.63, 3.8) is 0 Å². The van der Waals surface area contributed by atoms with E-state index in [1.54, 1.807) is 0 Å². The topological polar surface area (TPSA) is 24.9 Å². The van der Waals surface area contributed by atoms with Crippen molar-refractivity contribution < 1.29 is 8.78 Å². The zero-order valence-corrected chi connectivity index (χ0v) is 11.5. The van der Waals surface area contributed by atoms with Crippen molar-refractivity contribution in [3.8, 4) is 0 Å². The molecular formula is C10H6BrClF2N2S. The van der Waals surface area contributed by atoms with Crippen molar-refractivity contribution in [3.05, 3.63) is 43.8 Å². The highest BCUT2D eigenvalue weighted by molar-refractivity contribution is 9.10. The summed E-state index contributed by atoms with van der Waals surface area (Å²) < 4.78 is 27.1. The molecular weight excluding hydrogens is 334 g/mol. The molecule has 2 aromatic rings. The summed E-state index contributed by atoms with van der Waals surface area (Å²) in [6.45, 7) is 0.340. The SMILES string of the molecule is Fc1cc(F)c(NCc2ncc(Cl)s2)cc1Br. The third-order valence-electron chi connectivity index (χ3n) is 1.97. The molecule has 0 aliphatic heterocycles. The van der Waals surface area contributed by atoms with Crippen LogP contribution in [0.15, 0.2) is 22.8 Å². The van der Waals surface area contributed by atoms with Gasteiger partial charge in [0, 0.05) is 6.07 Å². The highest BCUT2D eigenvalue weighted by Crippen LogP contribution is 2.25. The molecule has 0 aliphatic rings. The molecule has 0 unspecified atom stereocenters. The monoisotopic (exact) mass is 338 g/mol. The van der Waals surface area contributed by atoms with Gasteiger partial charge in [-0.2, -0.15) is 0 Å². The van der Waals surface area contributed by atoms with E-state index in [0.717, 1.165) is 11.1 Å². The number of thiazole rings is 1. The van der Waals surface area contributed by atoms with Gasteiger partial charge in [-0.1, -0.05) is 11.6 Å². The van der Waals surface area contributed by atoms with E-state index < -0.39 is 11.6 Å². The molecule has 0 spiro atoms. The second-order valence-corrected chi connectivity index (χ2v) is 5.76. The number of hydrogen-bond acceptors (Lipinski definition) is 3. The summed E-state index contributed by atoms with van der Waals surface area (Å²) in [5.74, 6) is -1.28. The van der Waals surface area contributed by atoms with Gasteiger partial charge in [-0.25, -0.2) is 13.8 Å². The molecule has 1 aromatic carbocycles. The normalized spacial score (nSPS) is 10.6. The van der Waals surface area contributed by atoms with Crippen LogP contribution in [0.2, 0.25) is 4.34 Å². The fourth-order valence-electron chi connectivity index (χ4n) is 1.20. The van der Waals surface area contributed by atoms with Crippen molar-refractivity contribution in [2.45, 2.75) is 6.54 Å². The second kappa shape index (κ2) is 5.29. The molecule has 7 heteroatoms. The Kier molecular flexibility index (Phi) is 3.96. The van der Waals surface area contributed by atoms with Gasteiger partial charge in [0.15, 0.2) is 0 Å². The van der Waals surface area contributed by atoms with E-state index in [2.05, 4.69) is 26.2 Å². The van der Waals surface area contributed by atoms with Gasteiger partial charge in [0.05, 0.1) is 22.9 Å². The molecule has 0 atom stereocenters. The van der Waals surface area contributed by atoms with Crippen molar-refractivity contribution in [2.24, 2.45) is 0 Å². The maximum atomic E-state index is 13.4. The smallest absolute Gasteiger partial charge is 0.149 e. The maximum Gasteiger partial charge on any atom is 0.149 e. The molecule has 1 heterocycles. The van der Waals surface area contributed by atoms with Crippen LogP contribution in [0.1, 0.15) is 5.01 Å². The number of nitrogens with zero attached hydrogens (tertiary/aromatic N) is 1. The van der Waals surface area contributed by atoms with Crippen molar-refractivity contribution in [1.29, 1.82) is 0 Å². The first-order chi connectivity index (χ1) is 8.06. The molecule has 0 amide bonds. The Morgan fingerprint density at radius 2 is 2.12 bits per heavy atom. The first-order valence-corrected chi connectivity index (χ1v) is 6.53. The van der Waals surface area contributed by atoms with E-state index in [1.165, 1.54) is 23.6 Å². The minimum atomic E-state index is -0.645. The number of nitrogens with one attached hydrogen (secondary N) is 1. The number of anilines is 1. The van der Waals surface area contributed by atoms with Gasteiger partial charge < -0.3 is 5.32 Å². The Labute approximate surface area is 114 Å². The van der Waals surface area contributed by atoms with Crippen LogP contribution < -0.4 is 5.32 Å². The van der Waals surface area contributed by atoms with Crippen LogP contribution in [0, 0.1) is 11.6 Å². The molecule has 90 valence electrons. The van der Waals surface area contributed by atoms with Crippen LogP contribution in [0.25, 0.3) is 0 Å². The van der Waals surface area contributed by atoms with E-state index in [-0.39, 0.29) is 10.2 Å². The minimum Gasteiger partial charge on any atom is -0.376 e. The average molecular weight is 340 g/mol. The number of aromatic nitrogens is 1. The summed E-state index contributed by atoms with van der Waals surface area (Å²) in [5, 5.41) is 3.56. The van der Waals surface area contributed by atoms with E-state index >= 15 is 0 Å². The predicted molar refractivity (Wildman–Crippen MR) is 68.5 cm³/mol. The number of hydrogen-bond donors (Lipinski definition) is 1. The predicted octanol–water partition coefficient (Wildman–Crippen LogP) is 4.45. The summed E-state index contributed by atoms with van der Waals surface area (Å²) in [7, 11) is 0. The Balaban J connectivity index is 2.11. The Bertz CT molecular complexity index is 547. The summed E-state index contributed by atoms with van der Waals surface area (Å²) >= 11 is 10.0. The van der Waals surface area contributed by atoms with Crippen LogP contribution in [0.5, 0.6) is 0 Å². The first-order valence-electron chi connectivity index (χ1n) is 4.55. The minimum absolute atomic E-state index is 0.207. The van der Waals surface area contributed by atoms with Gasteiger partial charge in [0.25, 0.3) is 0 Å². The molecule has 2 rings (SSSR count). The van der Waals surface area contributed by atoms with Gasteiger partial charge in [0.1, 0.15) is 21.0 Å². The fraction of sp³-hybridized carbons (Fsp3) is 0.100. The Hall–Kier alpha value is -0.720. The molecule has 0 bridgehead atoms. The zero-order chi connectivity index (χ0) is 12.4. The summed E-state index contributed by atoms with van der Waals surface area (Å²) in [4.78, 5) is 4.02. The molecule has 0 radical (unpaired) electrons. The fourth-order valence-corrected chi connectivity index (χ4v) is 2.44. The highest BCUT2D eigenvalue weighted by atomic mass is 79.9. The lowest BCUT2D eigenvalue weighted by atomic mass is 10.3. The molecule has 0 saturated heterocycles.